The van der Waals surface area contributed by atoms with Crippen LogP contribution in [-0.2, 0) is 19.6 Å². The number of piperidine rings is 1. The van der Waals surface area contributed by atoms with Gasteiger partial charge < -0.3 is 9.53 Å². The maximum Gasteiger partial charge on any atom is 0.216 e. The highest BCUT2D eigenvalue weighted by Crippen LogP contribution is 2.17. The van der Waals surface area contributed by atoms with E-state index in [9.17, 15) is 13.2 Å². The van der Waals surface area contributed by atoms with Gasteiger partial charge in [-0.15, -0.1) is 0 Å². The third-order valence-corrected chi connectivity index (χ3v) is 4.60. The van der Waals surface area contributed by atoms with Crippen LogP contribution < -0.4 is 0 Å². The Morgan fingerprint density at radius 2 is 2.18 bits per heavy atom. The summed E-state index contributed by atoms with van der Waals surface area (Å²) in [5.74, 6) is -0.152. The van der Waals surface area contributed by atoms with Crippen molar-refractivity contribution in [1.82, 2.24) is 4.31 Å². The number of carbonyl (C=O) groups is 1. The summed E-state index contributed by atoms with van der Waals surface area (Å²) in [5, 5.41) is 0. The summed E-state index contributed by atoms with van der Waals surface area (Å²) in [6.45, 7) is 4.80. The molecular formula is C11H21NO4S. The third-order valence-electron chi connectivity index (χ3n) is 2.80. The number of carbonyl (C=O) groups excluding carboxylic acids is 1. The van der Waals surface area contributed by atoms with Gasteiger partial charge in [0.2, 0.25) is 10.0 Å². The minimum atomic E-state index is -3.27. The summed E-state index contributed by atoms with van der Waals surface area (Å²) >= 11 is 0. The van der Waals surface area contributed by atoms with Gasteiger partial charge in [-0.25, -0.2) is 12.7 Å². The molecule has 0 N–H and O–H groups in total. The Morgan fingerprint density at radius 1 is 1.47 bits per heavy atom. The number of nitrogens with zero attached hydrogens (tertiary/aromatic N) is 1. The zero-order valence-corrected chi connectivity index (χ0v) is 11.3. The molecule has 0 bridgehead atoms. The summed E-state index contributed by atoms with van der Waals surface area (Å²) in [5.41, 5.74) is 0. The lowest BCUT2D eigenvalue weighted by Crippen LogP contribution is -2.42. The molecule has 1 unspecified atom stereocenters. The Morgan fingerprint density at radius 3 is 2.76 bits per heavy atom. The van der Waals surface area contributed by atoms with Gasteiger partial charge in [-0.1, -0.05) is 0 Å². The Hall–Kier alpha value is -0.460. The minimum Gasteiger partial charge on any atom is -0.378 e. The molecule has 0 spiro atoms. The quantitative estimate of drug-likeness (QED) is 0.660. The first-order valence-electron chi connectivity index (χ1n) is 6.00. The first kappa shape index (κ1) is 14.6. The molecule has 0 amide bonds. The zero-order valence-electron chi connectivity index (χ0n) is 10.5. The van der Waals surface area contributed by atoms with Gasteiger partial charge in [-0.3, -0.25) is 0 Å². The lowest BCUT2D eigenvalue weighted by Gasteiger charge is -2.29. The molecule has 0 aromatic heterocycles. The van der Waals surface area contributed by atoms with Crippen molar-refractivity contribution < 1.29 is 17.9 Å². The first-order valence-corrected chi connectivity index (χ1v) is 7.61. The van der Waals surface area contributed by atoms with Gasteiger partial charge in [0.25, 0.3) is 0 Å². The normalized spacial score (nSPS) is 22.9. The lowest BCUT2D eigenvalue weighted by molar-refractivity contribution is -0.112. The standard InChI is InChI=1S/C11H21NO4S/c1-10(2)16-6-7-17(14,15)12-5-3-4-11(8-12)9-13/h9-11H,3-8H2,1-2H3. The largest absolute Gasteiger partial charge is 0.378 e. The third kappa shape index (κ3) is 4.73. The summed E-state index contributed by atoms with van der Waals surface area (Å²) < 4.78 is 30.6. The second kappa shape index (κ2) is 6.47. The van der Waals surface area contributed by atoms with Gasteiger partial charge in [-0.05, 0) is 26.7 Å². The molecule has 5 nitrogen and oxygen atoms in total. The second-order valence-corrected chi connectivity index (χ2v) is 6.72. The number of rotatable bonds is 6. The molecule has 0 aromatic carbocycles. The monoisotopic (exact) mass is 263 g/mol. The number of hydrogen-bond acceptors (Lipinski definition) is 4. The Kier molecular flexibility index (Phi) is 5.55. The van der Waals surface area contributed by atoms with Crippen molar-refractivity contribution in [3.8, 4) is 0 Å². The van der Waals surface area contributed by atoms with Crippen LogP contribution in [0.15, 0.2) is 0 Å². The van der Waals surface area contributed by atoms with Crippen LogP contribution in [0.25, 0.3) is 0 Å². The zero-order chi connectivity index (χ0) is 12.9. The molecule has 0 radical (unpaired) electrons. The van der Waals surface area contributed by atoms with E-state index < -0.39 is 10.0 Å². The topological polar surface area (TPSA) is 63.7 Å². The molecule has 1 atom stereocenters. The number of aldehydes is 1. The average Bonchev–Trinajstić information content (AvgIpc) is 2.28. The lowest BCUT2D eigenvalue weighted by atomic mass is 10.0. The van der Waals surface area contributed by atoms with Gasteiger partial charge in [0.05, 0.1) is 18.5 Å². The van der Waals surface area contributed by atoms with Crippen molar-refractivity contribution in [2.24, 2.45) is 5.92 Å². The van der Waals surface area contributed by atoms with E-state index in [1.54, 1.807) is 0 Å². The van der Waals surface area contributed by atoms with Crippen LogP contribution in [0, 0.1) is 5.92 Å². The number of sulfonamides is 1. The van der Waals surface area contributed by atoms with E-state index in [1.165, 1.54) is 4.31 Å². The fraction of sp³-hybridized carbons (Fsp3) is 0.909. The van der Waals surface area contributed by atoms with E-state index in [0.29, 0.717) is 13.1 Å². The predicted octanol–water partition coefficient (Wildman–Crippen LogP) is 0.652. The number of ether oxygens (including phenoxy) is 1. The Balaban J connectivity index is 2.48. The molecule has 1 aliphatic rings. The van der Waals surface area contributed by atoms with Crippen molar-refractivity contribution in [3.63, 3.8) is 0 Å². The van der Waals surface area contributed by atoms with E-state index in [1.807, 2.05) is 13.8 Å². The van der Waals surface area contributed by atoms with E-state index in [4.69, 9.17) is 4.74 Å². The molecule has 1 aliphatic heterocycles. The highest BCUT2D eigenvalue weighted by atomic mass is 32.2. The molecule has 0 aromatic rings. The van der Waals surface area contributed by atoms with Crippen LogP contribution in [0.2, 0.25) is 0 Å². The molecule has 17 heavy (non-hydrogen) atoms. The SMILES string of the molecule is CC(C)OCCS(=O)(=O)N1CCCC(C=O)C1. The van der Waals surface area contributed by atoms with E-state index in [2.05, 4.69) is 0 Å². The van der Waals surface area contributed by atoms with Crippen LogP contribution in [0.1, 0.15) is 26.7 Å². The van der Waals surface area contributed by atoms with Gasteiger partial charge in [0.1, 0.15) is 6.29 Å². The van der Waals surface area contributed by atoms with Crippen molar-refractivity contribution in [1.29, 1.82) is 0 Å². The minimum absolute atomic E-state index is 0.00322. The van der Waals surface area contributed by atoms with Gasteiger partial charge in [-0.2, -0.15) is 0 Å². The highest BCUT2D eigenvalue weighted by Gasteiger charge is 2.28. The molecule has 1 fully saturated rings. The second-order valence-electron chi connectivity index (χ2n) is 4.63. The van der Waals surface area contributed by atoms with Gasteiger partial charge in [0, 0.05) is 19.0 Å². The summed E-state index contributed by atoms with van der Waals surface area (Å²) in [7, 11) is -3.27. The molecule has 100 valence electrons. The van der Waals surface area contributed by atoms with Crippen LogP contribution in [-0.4, -0.2) is 50.6 Å². The maximum atomic E-state index is 12.0. The summed E-state index contributed by atoms with van der Waals surface area (Å²) in [4.78, 5) is 10.7. The molecule has 1 heterocycles. The Bertz CT molecular complexity index is 339. The van der Waals surface area contributed by atoms with E-state index >= 15 is 0 Å². The van der Waals surface area contributed by atoms with Crippen LogP contribution in [0.5, 0.6) is 0 Å². The van der Waals surface area contributed by atoms with Crippen molar-refractivity contribution >= 4 is 16.3 Å². The summed E-state index contributed by atoms with van der Waals surface area (Å²) in [6.07, 6.45) is 2.44. The Labute approximate surface area is 103 Å². The maximum absolute atomic E-state index is 12.0. The van der Waals surface area contributed by atoms with Crippen LogP contribution in [0.3, 0.4) is 0 Å². The fourth-order valence-corrected chi connectivity index (χ4v) is 3.25. The predicted molar refractivity (Wildman–Crippen MR) is 65.2 cm³/mol. The molecule has 0 aliphatic carbocycles. The van der Waals surface area contributed by atoms with Crippen LogP contribution in [0.4, 0.5) is 0 Å². The summed E-state index contributed by atoms with van der Waals surface area (Å²) in [6, 6.07) is 0. The van der Waals surface area contributed by atoms with Crippen molar-refractivity contribution in [3.05, 3.63) is 0 Å². The van der Waals surface area contributed by atoms with Crippen LogP contribution >= 0.6 is 0 Å². The smallest absolute Gasteiger partial charge is 0.216 e. The highest BCUT2D eigenvalue weighted by molar-refractivity contribution is 7.89. The van der Waals surface area contributed by atoms with Gasteiger partial charge in [0.15, 0.2) is 0 Å². The molecular weight excluding hydrogens is 242 g/mol. The van der Waals surface area contributed by atoms with Crippen molar-refractivity contribution in [2.45, 2.75) is 32.8 Å². The number of hydrogen-bond donors (Lipinski definition) is 0. The van der Waals surface area contributed by atoms with Crippen molar-refractivity contribution in [2.75, 3.05) is 25.4 Å². The molecule has 1 rings (SSSR count). The average molecular weight is 263 g/mol. The molecule has 0 saturated carbocycles. The fourth-order valence-electron chi connectivity index (χ4n) is 1.86. The van der Waals surface area contributed by atoms with E-state index in [0.717, 1.165) is 19.1 Å². The van der Waals surface area contributed by atoms with E-state index in [-0.39, 0.29) is 24.4 Å². The molecule has 1 saturated heterocycles. The molecule has 6 heteroatoms. The van der Waals surface area contributed by atoms with Gasteiger partial charge >= 0.3 is 0 Å². The first-order chi connectivity index (χ1) is 7.95.